The Bertz CT molecular complexity index is 686. The van der Waals surface area contributed by atoms with Crippen molar-refractivity contribution in [2.75, 3.05) is 10.6 Å². The first-order valence-corrected chi connectivity index (χ1v) is 7.55. The van der Waals surface area contributed by atoms with Crippen LogP contribution >= 0.6 is 23.2 Å². The number of hydrogen-bond donors (Lipinski definition) is 1. The fourth-order valence-corrected chi connectivity index (χ4v) is 4.22. The van der Waals surface area contributed by atoms with Crippen LogP contribution in [0.25, 0.3) is 0 Å². The summed E-state index contributed by atoms with van der Waals surface area (Å²) in [7, 11) is 0. The lowest BCUT2D eigenvalue weighted by Crippen LogP contribution is -2.33. The average Bonchev–Trinajstić information content (AvgIpc) is 3.09. The largest absolute Gasteiger partial charge is 0.397 e. The van der Waals surface area contributed by atoms with E-state index in [1.807, 2.05) is 0 Å². The third-order valence-electron chi connectivity index (χ3n) is 4.78. The molecule has 1 aromatic carbocycles. The molecule has 4 rings (SSSR count). The third-order valence-corrected chi connectivity index (χ3v) is 5.50. The van der Waals surface area contributed by atoms with Gasteiger partial charge in [-0.1, -0.05) is 35.4 Å². The first kappa shape index (κ1) is 13.2. The molecule has 4 nitrogen and oxygen atoms in total. The minimum Gasteiger partial charge on any atom is -0.397 e. The maximum absolute atomic E-state index is 12.7. The quantitative estimate of drug-likeness (QED) is 0.491. The highest BCUT2D eigenvalue weighted by Gasteiger charge is 2.59. The van der Waals surface area contributed by atoms with Crippen LogP contribution in [0.2, 0.25) is 10.0 Å². The molecule has 0 aromatic heterocycles. The van der Waals surface area contributed by atoms with E-state index in [1.54, 1.807) is 0 Å². The van der Waals surface area contributed by atoms with E-state index in [1.165, 1.54) is 17.0 Å². The molecule has 1 saturated carbocycles. The zero-order chi connectivity index (χ0) is 14.9. The molecule has 21 heavy (non-hydrogen) atoms. The maximum Gasteiger partial charge on any atom is 0.238 e. The number of hydrogen-bond acceptors (Lipinski definition) is 3. The number of imide groups is 1. The van der Waals surface area contributed by atoms with Crippen molar-refractivity contribution < 1.29 is 9.59 Å². The van der Waals surface area contributed by atoms with E-state index in [2.05, 4.69) is 12.2 Å². The number of fused-ring (bicyclic) bond motifs is 5. The van der Waals surface area contributed by atoms with Crippen LogP contribution in [-0.4, -0.2) is 11.8 Å². The Morgan fingerprint density at radius 3 is 2.10 bits per heavy atom. The van der Waals surface area contributed by atoms with E-state index in [9.17, 15) is 9.59 Å². The molecule has 2 bridgehead atoms. The number of allylic oxidation sites excluding steroid dienone is 2. The Hall–Kier alpha value is -1.52. The minimum absolute atomic E-state index is 0.172. The van der Waals surface area contributed by atoms with E-state index < -0.39 is 0 Å². The molecule has 2 aliphatic carbocycles. The first-order chi connectivity index (χ1) is 9.99. The van der Waals surface area contributed by atoms with E-state index in [0.717, 1.165) is 6.42 Å². The summed E-state index contributed by atoms with van der Waals surface area (Å²) in [6, 6.07) is 2.96. The van der Waals surface area contributed by atoms with Gasteiger partial charge in [-0.15, -0.1) is 0 Å². The molecule has 0 radical (unpaired) electrons. The molecule has 1 saturated heterocycles. The van der Waals surface area contributed by atoms with Gasteiger partial charge >= 0.3 is 0 Å². The highest BCUT2D eigenvalue weighted by molar-refractivity contribution is 6.42. The number of amides is 2. The topological polar surface area (TPSA) is 63.4 Å². The molecule has 2 amide bonds. The zero-order valence-electron chi connectivity index (χ0n) is 10.9. The van der Waals surface area contributed by atoms with Crippen LogP contribution in [0, 0.1) is 23.7 Å². The van der Waals surface area contributed by atoms with Crippen molar-refractivity contribution in [2.24, 2.45) is 23.7 Å². The van der Waals surface area contributed by atoms with Gasteiger partial charge in [-0.05, 0) is 30.4 Å². The molecule has 1 aromatic rings. The standard InChI is InChI=1S/C15H12Cl2N2O2/c16-8-4-10(18)11(5-9(8)17)19-14(20)12-6-1-2-7(3-6)13(12)15(19)21/h1-2,4-7,12-13H,3,18H2/t6-,7+,12-,13+. The predicted molar refractivity (Wildman–Crippen MR) is 81.1 cm³/mol. The predicted octanol–water partition coefficient (Wildman–Crippen LogP) is 2.89. The summed E-state index contributed by atoms with van der Waals surface area (Å²) < 4.78 is 0. The van der Waals surface area contributed by atoms with E-state index in [4.69, 9.17) is 28.9 Å². The van der Waals surface area contributed by atoms with Crippen molar-refractivity contribution >= 4 is 46.4 Å². The SMILES string of the molecule is Nc1cc(Cl)c(Cl)cc1N1C(=O)[C@@H]2[C@H](C1=O)[C@@H]1C=C[C@H]2C1. The van der Waals surface area contributed by atoms with Crippen LogP contribution < -0.4 is 10.6 Å². The molecule has 0 spiro atoms. The van der Waals surface area contributed by atoms with Crippen LogP contribution in [0.3, 0.4) is 0 Å². The molecule has 6 heteroatoms. The summed E-state index contributed by atoms with van der Waals surface area (Å²) in [6.07, 6.45) is 5.01. The number of halogens is 2. The van der Waals surface area contributed by atoms with Gasteiger partial charge in [0.05, 0.1) is 33.3 Å². The average molecular weight is 323 g/mol. The lowest BCUT2D eigenvalue weighted by atomic mass is 9.85. The number of nitrogens with zero attached hydrogens (tertiary/aromatic N) is 1. The second kappa shape index (κ2) is 4.24. The Balaban J connectivity index is 1.80. The smallest absolute Gasteiger partial charge is 0.238 e. The van der Waals surface area contributed by atoms with Gasteiger partial charge in [0.1, 0.15) is 0 Å². The number of carbonyl (C=O) groups excluding carboxylic acids is 2. The molecule has 1 heterocycles. The van der Waals surface area contributed by atoms with Crippen LogP contribution in [-0.2, 0) is 9.59 Å². The van der Waals surface area contributed by atoms with Crippen molar-refractivity contribution in [3.05, 3.63) is 34.3 Å². The first-order valence-electron chi connectivity index (χ1n) is 6.79. The Morgan fingerprint density at radius 2 is 1.52 bits per heavy atom. The Morgan fingerprint density at radius 1 is 1.00 bits per heavy atom. The monoisotopic (exact) mass is 322 g/mol. The summed E-state index contributed by atoms with van der Waals surface area (Å²) in [6.45, 7) is 0. The molecule has 0 unspecified atom stereocenters. The fourth-order valence-electron chi connectivity index (χ4n) is 3.89. The summed E-state index contributed by atoms with van der Waals surface area (Å²) in [5, 5.41) is 0.582. The van der Waals surface area contributed by atoms with Crippen LogP contribution in [0.4, 0.5) is 11.4 Å². The molecule has 2 fully saturated rings. The number of benzene rings is 1. The molecule has 1 aliphatic heterocycles. The zero-order valence-corrected chi connectivity index (χ0v) is 12.4. The van der Waals surface area contributed by atoms with Gasteiger partial charge in [0, 0.05) is 0 Å². The van der Waals surface area contributed by atoms with Crippen molar-refractivity contribution in [3.8, 4) is 0 Å². The third kappa shape index (κ3) is 1.63. The van der Waals surface area contributed by atoms with Gasteiger partial charge in [0.25, 0.3) is 0 Å². The number of rotatable bonds is 1. The van der Waals surface area contributed by atoms with Crippen LogP contribution in [0.15, 0.2) is 24.3 Å². The second-order valence-corrected chi connectivity index (χ2v) is 6.65. The summed E-state index contributed by atoms with van der Waals surface area (Å²) in [5.41, 5.74) is 6.55. The Kier molecular flexibility index (Phi) is 2.66. The number of nitrogen functional groups attached to an aromatic ring is 1. The molecule has 3 aliphatic rings. The van der Waals surface area contributed by atoms with Crippen LogP contribution in [0.1, 0.15) is 6.42 Å². The van der Waals surface area contributed by atoms with Gasteiger partial charge < -0.3 is 5.73 Å². The van der Waals surface area contributed by atoms with Gasteiger partial charge in [0.15, 0.2) is 0 Å². The number of nitrogens with two attached hydrogens (primary N) is 1. The van der Waals surface area contributed by atoms with Crippen molar-refractivity contribution in [1.82, 2.24) is 0 Å². The molecular weight excluding hydrogens is 311 g/mol. The van der Waals surface area contributed by atoms with E-state index in [-0.39, 0.29) is 46.2 Å². The van der Waals surface area contributed by atoms with Gasteiger partial charge in [-0.2, -0.15) is 0 Å². The highest BCUT2D eigenvalue weighted by atomic mass is 35.5. The molecular formula is C15H12Cl2N2O2. The minimum atomic E-state index is -0.249. The maximum atomic E-state index is 12.7. The molecule has 108 valence electrons. The normalized spacial score (nSPS) is 33.1. The fraction of sp³-hybridized carbons (Fsp3) is 0.333. The molecule has 2 N–H and O–H groups in total. The van der Waals surface area contributed by atoms with Crippen molar-refractivity contribution in [1.29, 1.82) is 0 Å². The highest BCUT2D eigenvalue weighted by Crippen LogP contribution is 2.53. The van der Waals surface area contributed by atoms with Crippen molar-refractivity contribution in [3.63, 3.8) is 0 Å². The summed E-state index contributed by atoms with van der Waals surface area (Å²) in [4.78, 5) is 26.5. The lowest BCUT2D eigenvalue weighted by Gasteiger charge is -2.19. The van der Waals surface area contributed by atoms with Gasteiger partial charge in [-0.3, -0.25) is 9.59 Å². The Labute approximate surface area is 131 Å². The molecule has 4 atom stereocenters. The lowest BCUT2D eigenvalue weighted by molar-refractivity contribution is -0.123. The number of anilines is 2. The summed E-state index contributed by atoms with van der Waals surface area (Å²) in [5.74, 6) is -0.502. The van der Waals surface area contributed by atoms with Gasteiger partial charge in [0.2, 0.25) is 11.8 Å². The summed E-state index contributed by atoms with van der Waals surface area (Å²) >= 11 is 11.9. The van der Waals surface area contributed by atoms with E-state index in [0.29, 0.717) is 10.7 Å². The number of carbonyl (C=O) groups is 2. The van der Waals surface area contributed by atoms with E-state index >= 15 is 0 Å². The second-order valence-electron chi connectivity index (χ2n) is 5.84. The van der Waals surface area contributed by atoms with Crippen molar-refractivity contribution in [2.45, 2.75) is 6.42 Å². The van der Waals surface area contributed by atoms with Gasteiger partial charge in [-0.25, -0.2) is 4.90 Å². The van der Waals surface area contributed by atoms with Crippen LogP contribution in [0.5, 0.6) is 0 Å².